The standard InChI is InChI=1S/C18H21FN2O4S2/c1-2-12-26(22,23)20-16-8-5-14-4-3-11-21(18(14)13-16)27(24,25)17-9-6-15(19)7-10-17/h5-10,13,20H,2-4,11-12H2,1H3. The maximum Gasteiger partial charge on any atom is 0.264 e. The Morgan fingerprint density at radius 2 is 1.78 bits per heavy atom. The van der Waals surface area contributed by atoms with E-state index in [0.29, 0.717) is 30.6 Å². The summed E-state index contributed by atoms with van der Waals surface area (Å²) in [6.45, 7) is 2.04. The summed E-state index contributed by atoms with van der Waals surface area (Å²) >= 11 is 0. The van der Waals surface area contributed by atoms with E-state index in [-0.39, 0.29) is 17.2 Å². The molecule has 2 aromatic rings. The first kappa shape index (κ1) is 19.6. The Balaban J connectivity index is 2.00. The van der Waals surface area contributed by atoms with Crippen molar-refractivity contribution in [3.63, 3.8) is 0 Å². The third-order valence-corrected chi connectivity index (χ3v) is 7.63. The molecule has 0 spiro atoms. The predicted molar refractivity (Wildman–Crippen MR) is 103 cm³/mol. The molecule has 0 unspecified atom stereocenters. The average Bonchev–Trinajstić information content (AvgIpc) is 2.61. The molecule has 0 radical (unpaired) electrons. The fourth-order valence-corrected chi connectivity index (χ4v) is 5.75. The van der Waals surface area contributed by atoms with E-state index in [1.165, 1.54) is 16.4 Å². The molecule has 2 aromatic carbocycles. The van der Waals surface area contributed by atoms with E-state index in [0.717, 1.165) is 17.7 Å². The molecule has 0 fully saturated rings. The van der Waals surface area contributed by atoms with E-state index < -0.39 is 25.9 Å². The summed E-state index contributed by atoms with van der Waals surface area (Å²) in [5.41, 5.74) is 1.59. The Morgan fingerprint density at radius 3 is 2.44 bits per heavy atom. The summed E-state index contributed by atoms with van der Waals surface area (Å²) in [7, 11) is -7.35. The lowest BCUT2D eigenvalue weighted by Crippen LogP contribution is -2.35. The second-order valence-electron chi connectivity index (χ2n) is 6.40. The third-order valence-electron chi connectivity index (χ3n) is 4.31. The summed E-state index contributed by atoms with van der Waals surface area (Å²) in [6, 6.07) is 9.59. The van der Waals surface area contributed by atoms with Crippen molar-refractivity contribution in [2.45, 2.75) is 31.1 Å². The molecular weight excluding hydrogens is 391 g/mol. The van der Waals surface area contributed by atoms with Crippen molar-refractivity contribution in [1.82, 2.24) is 0 Å². The number of nitrogens with one attached hydrogen (secondary N) is 1. The molecule has 0 amide bonds. The molecule has 6 nitrogen and oxygen atoms in total. The van der Waals surface area contributed by atoms with Crippen molar-refractivity contribution in [2.75, 3.05) is 21.3 Å². The van der Waals surface area contributed by atoms with Crippen LogP contribution in [0.15, 0.2) is 47.4 Å². The zero-order valence-electron chi connectivity index (χ0n) is 14.9. The van der Waals surface area contributed by atoms with Crippen molar-refractivity contribution in [3.8, 4) is 0 Å². The van der Waals surface area contributed by atoms with Gasteiger partial charge in [0.05, 0.1) is 22.0 Å². The number of benzene rings is 2. The van der Waals surface area contributed by atoms with Crippen molar-refractivity contribution < 1.29 is 21.2 Å². The summed E-state index contributed by atoms with van der Waals surface area (Å²) in [6.07, 6.45) is 1.83. The highest BCUT2D eigenvalue weighted by atomic mass is 32.2. The first-order valence-corrected chi connectivity index (χ1v) is 11.7. The Labute approximate surface area is 159 Å². The summed E-state index contributed by atoms with van der Waals surface area (Å²) < 4.78 is 67.0. The minimum absolute atomic E-state index is 0.00582. The number of rotatable bonds is 6. The van der Waals surface area contributed by atoms with Crippen LogP contribution < -0.4 is 9.03 Å². The first-order valence-electron chi connectivity index (χ1n) is 8.65. The van der Waals surface area contributed by atoms with Gasteiger partial charge in [-0.05, 0) is 61.2 Å². The van der Waals surface area contributed by atoms with Gasteiger partial charge in [-0.2, -0.15) is 0 Å². The second kappa shape index (κ2) is 7.47. The molecule has 146 valence electrons. The van der Waals surface area contributed by atoms with Crippen LogP contribution in [0.4, 0.5) is 15.8 Å². The van der Waals surface area contributed by atoms with Gasteiger partial charge >= 0.3 is 0 Å². The fourth-order valence-electron chi connectivity index (χ4n) is 3.09. The van der Waals surface area contributed by atoms with E-state index >= 15 is 0 Å². The van der Waals surface area contributed by atoms with Crippen LogP contribution in [-0.4, -0.2) is 29.1 Å². The molecule has 0 aromatic heterocycles. The topological polar surface area (TPSA) is 83.6 Å². The van der Waals surface area contributed by atoms with Crippen LogP contribution in [-0.2, 0) is 26.5 Å². The molecule has 3 rings (SSSR count). The molecule has 0 bridgehead atoms. The Morgan fingerprint density at radius 1 is 1.07 bits per heavy atom. The number of hydrogen-bond donors (Lipinski definition) is 1. The fraction of sp³-hybridized carbons (Fsp3) is 0.333. The molecule has 9 heteroatoms. The second-order valence-corrected chi connectivity index (χ2v) is 10.1. The minimum atomic E-state index is -3.87. The molecule has 1 aliphatic heterocycles. The van der Waals surface area contributed by atoms with Crippen LogP contribution in [0.5, 0.6) is 0 Å². The largest absolute Gasteiger partial charge is 0.283 e. The molecule has 0 saturated heterocycles. The SMILES string of the molecule is CCCS(=O)(=O)Nc1ccc2c(c1)N(S(=O)(=O)c1ccc(F)cc1)CCC2. The minimum Gasteiger partial charge on any atom is -0.283 e. The number of anilines is 2. The molecular formula is C18H21FN2O4S2. The molecule has 27 heavy (non-hydrogen) atoms. The lowest BCUT2D eigenvalue weighted by Gasteiger charge is -2.31. The molecule has 1 aliphatic rings. The van der Waals surface area contributed by atoms with E-state index in [2.05, 4.69) is 4.72 Å². The zero-order chi connectivity index (χ0) is 19.7. The van der Waals surface area contributed by atoms with Crippen LogP contribution in [0.2, 0.25) is 0 Å². The molecule has 1 heterocycles. The molecule has 1 N–H and O–H groups in total. The highest BCUT2D eigenvalue weighted by Crippen LogP contribution is 2.34. The van der Waals surface area contributed by atoms with Gasteiger partial charge in [0.15, 0.2) is 0 Å². The quantitative estimate of drug-likeness (QED) is 0.790. The lowest BCUT2D eigenvalue weighted by atomic mass is 10.0. The summed E-state index contributed by atoms with van der Waals surface area (Å²) in [4.78, 5) is -0.00582. The normalized spacial score (nSPS) is 14.7. The van der Waals surface area contributed by atoms with Gasteiger partial charge in [0.25, 0.3) is 10.0 Å². The van der Waals surface area contributed by atoms with E-state index in [9.17, 15) is 21.2 Å². The van der Waals surface area contributed by atoms with Crippen LogP contribution in [0.1, 0.15) is 25.3 Å². The average molecular weight is 413 g/mol. The predicted octanol–water partition coefficient (Wildman–Crippen LogP) is 3.12. The van der Waals surface area contributed by atoms with Gasteiger partial charge in [0, 0.05) is 6.54 Å². The van der Waals surface area contributed by atoms with Gasteiger partial charge in [-0.1, -0.05) is 13.0 Å². The van der Waals surface area contributed by atoms with Crippen molar-refractivity contribution in [2.24, 2.45) is 0 Å². The number of fused-ring (bicyclic) bond motifs is 1. The van der Waals surface area contributed by atoms with Gasteiger partial charge in [0.2, 0.25) is 10.0 Å². The number of sulfonamides is 2. The molecule has 0 saturated carbocycles. The van der Waals surface area contributed by atoms with E-state index in [1.807, 2.05) is 0 Å². The van der Waals surface area contributed by atoms with Gasteiger partial charge in [0.1, 0.15) is 5.82 Å². The monoisotopic (exact) mass is 412 g/mol. The van der Waals surface area contributed by atoms with Crippen LogP contribution in [0.3, 0.4) is 0 Å². The van der Waals surface area contributed by atoms with E-state index in [4.69, 9.17) is 0 Å². The third kappa shape index (κ3) is 4.24. The maximum absolute atomic E-state index is 13.2. The Kier molecular flexibility index (Phi) is 5.43. The van der Waals surface area contributed by atoms with Crippen molar-refractivity contribution in [3.05, 3.63) is 53.8 Å². The molecule has 0 aliphatic carbocycles. The summed E-state index contributed by atoms with van der Waals surface area (Å²) in [5.74, 6) is -0.526. The Bertz CT molecular complexity index is 1040. The lowest BCUT2D eigenvalue weighted by molar-refractivity contribution is 0.585. The van der Waals surface area contributed by atoms with Crippen LogP contribution in [0, 0.1) is 5.82 Å². The van der Waals surface area contributed by atoms with Crippen LogP contribution in [0.25, 0.3) is 0 Å². The van der Waals surface area contributed by atoms with Gasteiger partial charge in [-0.15, -0.1) is 0 Å². The van der Waals surface area contributed by atoms with Crippen molar-refractivity contribution in [1.29, 1.82) is 0 Å². The van der Waals surface area contributed by atoms with E-state index in [1.54, 1.807) is 25.1 Å². The number of nitrogens with zero attached hydrogens (tertiary/aromatic N) is 1. The van der Waals surface area contributed by atoms with Gasteiger partial charge in [-0.25, -0.2) is 21.2 Å². The number of aryl methyl sites for hydroxylation is 1. The maximum atomic E-state index is 13.2. The highest BCUT2D eigenvalue weighted by Gasteiger charge is 2.29. The smallest absolute Gasteiger partial charge is 0.264 e. The van der Waals surface area contributed by atoms with Crippen molar-refractivity contribution >= 4 is 31.4 Å². The molecule has 0 atom stereocenters. The highest BCUT2D eigenvalue weighted by molar-refractivity contribution is 7.93. The van der Waals surface area contributed by atoms with Gasteiger partial charge in [-0.3, -0.25) is 9.03 Å². The zero-order valence-corrected chi connectivity index (χ0v) is 16.5. The number of halogens is 1. The first-order chi connectivity index (χ1) is 12.7. The Hall–Kier alpha value is -2.13. The van der Waals surface area contributed by atoms with Crippen LogP contribution >= 0.6 is 0 Å². The summed E-state index contributed by atoms with van der Waals surface area (Å²) in [5, 5.41) is 0. The number of hydrogen-bond acceptors (Lipinski definition) is 4. The van der Waals surface area contributed by atoms with Gasteiger partial charge < -0.3 is 0 Å².